The second-order valence-electron chi connectivity index (χ2n) is 5.08. The Kier molecular flexibility index (Phi) is 6.53. The number of nitrogens with one attached hydrogen (secondary N) is 1. The van der Waals surface area contributed by atoms with Crippen LogP contribution >= 0.6 is 15.9 Å². The highest BCUT2D eigenvalue weighted by atomic mass is 79.9. The lowest BCUT2D eigenvalue weighted by Gasteiger charge is -2.07. The fourth-order valence-corrected chi connectivity index (χ4v) is 2.51. The van der Waals surface area contributed by atoms with Gasteiger partial charge in [-0.15, -0.1) is 0 Å². The first kappa shape index (κ1) is 19.2. The summed E-state index contributed by atoms with van der Waals surface area (Å²) in [6, 6.07) is 13.3. The molecular formula is C19H15BrN2O4. The minimum absolute atomic E-state index is 0.0848. The Hall–Kier alpha value is -3.11. The molecule has 1 N–H and O–H groups in total. The van der Waals surface area contributed by atoms with Gasteiger partial charge in [-0.2, -0.15) is 5.26 Å². The highest BCUT2D eigenvalue weighted by Crippen LogP contribution is 2.25. The van der Waals surface area contributed by atoms with Crippen molar-refractivity contribution in [3.05, 3.63) is 63.6 Å². The first-order valence-electron chi connectivity index (χ1n) is 7.43. The smallest absolute Gasteiger partial charge is 0.337 e. The van der Waals surface area contributed by atoms with Crippen LogP contribution in [0.2, 0.25) is 0 Å². The van der Waals surface area contributed by atoms with Gasteiger partial charge >= 0.3 is 5.97 Å². The van der Waals surface area contributed by atoms with Crippen molar-refractivity contribution in [3.8, 4) is 11.8 Å². The van der Waals surface area contributed by atoms with E-state index < -0.39 is 11.9 Å². The van der Waals surface area contributed by atoms with E-state index in [2.05, 4.69) is 26.0 Å². The molecule has 2 rings (SSSR count). The van der Waals surface area contributed by atoms with Crippen LogP contribution in [0.25, 0.3) is 6.08 Å². The van der Waals surface area contributed by atoms with E-state index in [-0.39, 0.29) is 5.57 Å². The van der Waals surface area contributed by atoms with Gasteiger partial charge in [0.25, 0.3) is 5.91 Å². The largest absolute Gasteiger partial charge is 0.496 e. The number of carbonyl (C=O) groups excluding carboxylic acids is 2. The van der Waals surface area contributed by atoms with Gasteiger partial charge in [0.05, 0.1) is 19.8 Å². The summed E-state index contributed by atoms with van der Waals surface area (Å²) in [4.78, 5) is 23.8. The van der Waals surface area contributed by atoms with E-state index in [1.165, 1.54) is 32.4 Å². The van der Waals surface area contributed by atoms with Gasteiger partial charge < -0.3 is 14.8 Å². The average molecular weight is 415 g/mol. The number of nitriles is 1. The molecule has 1 amide bonds. The highest BCUT2D eigenvalue weighted by molar-refractivity contribution is 9.10. The van der Waals surface area contributed by atoms with Crippen molar-refractivity contribution >= 4 is 39.6 Å². The van der Waals surface area contributed by atoms with E-state index in [1.807, 2.05) is 6.07 Å². The van der Waals surface area contributed by atoms with E-state index in [0.717, 1.165) is 4.47 Å². The van der Waals surface area contributed by atoms with Crippen molar-refractivity contribution in [2.45, 2.75) is 0 Å². The van der Waals surface area contributed by atoms with Crippen LogP contribution in [-0.2, 0) is 9.53 Å². The number of rotatable bonds is 5. The van der Waals surface area contributed by atoms with Crippen LogP contribution < -0.4 is 10.1 Å². The van der Waals surface area contributed by atoms with Gasteiger partial charge in [-0.25, -0.2) is 4.79 Å². The summed E-state index contributed by atoms with van der Waals surface area (Å²) in [6.45, 7) is 0. The molecule has 0 unspecified atom stereocenters. The number of methoxy groups -OCH3 is 2. The van der Waals surface area contributed by atoms with E-state index in [0.29, 0.717) is 22.6 Å². The summed E-state index contributed by atoms with van der Waals surface area (Å²) in [7, 11) is 2.80. The zero-order valence-electron chi connectivity index (χ0n) is 14.1. The first-order chi connectivity index (χ1) is 12.5. The minimum atomic E-state index is -0.569. The molecule has 0 aliphatic carbocycles. The second-order valence-corrected chi connectivity index (χ2v) is 5.99. The fourth-order valence-electron chi connectivity index (χ4n) is 2.13. The standard InChI is InChI=1S/C19H15BrN2O4/c1-25-17-8-5-15(20)10-13(17)9-14(11-21)18(23)22-16-6-3-12(4-7-16)19(24)26-2/h3-10H,1-2H3,(H,22,23)/b14-9+. The number of benzene rings is 2. The van der Waals surface area contributed by atoms with Crippen LogP contribution in [-0.4, -0.2) is 26.1 Å². The van der Waals surface area contributed by atoms with Crippen LogP contribution in [0, 0.1) is 11.3 Å². The number of carbonyl (C=O) groups is 2. The third-order valence-corrected chi connectivity index (χ3v) is 3.91. The third kappa shape index (κ3) is 4.71. The Bertz CT molecular complexity index is 899. The van der Waals surface area contributed by atoms with Crippen LogP contribution in [0.3, 0.4) is 0 Å². The van der Waals surface area contributed by atoms with E-state index in [4.69, 9.17) is 4.74 Å². The van der Waals surface area contributed by atoms with Gasteiger partial charge in [-0.1, -0.05) is 15.9 Å². The summed E-state index contributed by atoms with van der Waals surface area (Å²) < 4.78 is 10.6. The van der Waals surface area contributed by atoms with Crippen LogP contribution in [0.1, 0.15) is 15.9 Å². The SMILES string of the molecule is COC(=O)c1ccc(NC(=O)/C(C#N)=C/c2cc(Br)ccc2OC)cc1. The van der Waals surface area contributed by atoms with E-state index >= 15 is 0 Å². The summed E-state index contributed by atoms with van der Waals surface area (Å²) in [5.74, 6) is -0.501. The number of ether oxygens (including phenoxy) is 2. The third-order valence-electron chi connectivity index (χ3n) is 3.42. The topological polar surface area (TPSA) is 88.4 Å². The molecule has 0 atom stereocenters. The molecule has 2 aromatic rings. The van der Waals surface area contributed by atoms with Gasteiger partial charge in [0.2, 0.25) is 0 Å². The summed E-state index contributed by atoms with van der Waals surface area (Å²) in [6.07, 6.45) is 1.45. The molecule has 0 spiro atoms. The number of halogens is 1. The fraction of sp³-hybridized carbons (Fsp3) is 0.105. The molecule has 0 fully saturated rings. The van der Waals surface area contributed by atoms with E-state index in [1.54, 1.807) is 30.3 Å². The lowest BCUT2D eigenvalue weighted by atomic mass is 10.1. The van der Waals surface area contributed by atoms with Gasteiger partial charge in [-0.05, 0) is 48.5 Å². The molecule has 0 aromatic heterocycles. The zero-order valence-corrected chi connectivity index (χ0v) is 15.7. The molecule has 2 aromatic carbocycles. The predicted molar refractivity (Wildman–Crippen MR) is 101 cm³/mol. The molecule has 6 nitrogen and oxygen atoms in total. The maximum atomic E-state index is 12.4. The number of hydrogen-bond acceptors (Lipinski definition) is 5. The molecule has 0 saturated heterocycles. The lowest BCUT2D eigenvalue weighted by Crippen LogP contribution is -2.13. The highest BCUT2D eigenvalue weighted by Gasteiger charge is 2.12. The van der Waals surface area contributed by atoms with Gasteiger partial charge in [0, 0.05) is 15.7 Å². The van der Waals surface area contributed by atoms with Crippen LogP contribution in [0.5, 0.6) is 5.75 Å². The van der Waals surface area contributed by atoms with Crippen molar-refractivity contribution in [2.75, 3.05) is 19.5 Å². The number of nitrogens with zero attached hydrogens (tertiary/aromatic N) is 1. The molecule has 0 radical (unpaired) electrons. The molecule has 0 aliphatic heterocycles. The number of hydrogen-bond donors (Lipinski definition) is 1. The second kappa shape index (κ2) is 8.83. The predicted octanol–water partition coefficient (Wildman–Crippen LogP) is 3.79. The number of esters is 1. The van der Waals surface area contributed by atoms with Gasteiger partial charge in [-0.3, -0.25) is 4.79 Å². The van der Waals surface area contributed by atoms with Crippen molar-refractivity contribution in [2.24, 2.45) is 0 Å². The zero-order chi connectivity index (χ0) is 19.1. The molecule has 132 valence electrons. The molecule has 26 heavy (non-hydrogen) atoms. The maximum absolute atomic E-state index is 12.4. The van der Waals surface area contributed by atoms with Gasteiger partial charge in [0.1, 0.15) is 17.4 Å². The van der Waals surface area contributed by atoms with Crippen molar-refractivity contribution in [3.63, 3.8) is 0 Å². The van der Waals surface area contributed by atoms with Crippen molar-refractivity contribution in [1.82, 2.24) is 0 Å². The normalized spacial score (nSPS) is 10.6. The van der Waals surface area contributed by atoms with Crippen molar-refractivity contribution in [1.29, 1.82) is 5.26 Å². The number of anilines is 1. The average Bonchev–Trinajstić information content (AvgIpc) is 2.66. The Balaban J connectivity index is 2.23. The quantitative estimate of drug-likeness (QED) is 0.456. The first-order valence-corrected chi connectivity index (χ1v) is 8.23. The minimum Gasteiger partial charge on any atom is -0.496 e. The maximum Gasteiger partial charge on any atom is 0.337 e. The molecule has 0 aliphatic rings. The summed E-state index contributed by atoms with van der Waals surface area (Å²) in [5.41, 5.74) is 1.32. The van der Waals surface area contributed by atoms with Crippen LogP contribution in [0.4, 0.5) is 5.69 Å². The van der Waals surface area contributed by atoms with Crippen LogP contribution in [0.15, 0.2) is 52.5 Å². The Labute approximate surface area is 159 Å². The molecule has 0 saturated carbocycles. The number of amides is 1. The summed E-state index contributed by atoms with van der Waals surface area (Å²) in [5, 5.41) is 11.9. The Morgan fingerprint density at radius 1 is 1.15 bits per heavy atom. The van der Waals surface area contributed by atoms with E-state index in [9.17, 15) is 14.9 Å². The monoisotopic (exact) mass is 414 g/mol. The van der Waals surface area contributed by atoms with Crippen molar-refractivity contribution < 1.29 is 19.1 Å². The molecule has 0 heterocycles. The molecule has 7 heteroatoms. The summed E-state index contributed by atoms with van der Waals surface area (Å²) >= 11 is 3.35. The Morgan fingerprint density at radius 2 is 1.85 bits per heavy atom. The molecule has 0 bridgehead atoms. The Morgan fingerprint density at radius 3 is 2.42 bits per heavy atom. The van der Waals surface area contributed by atoms with Gasteiger partial charge in [0.15, 0.2) is 0 Å². The molecular weight excluding hydrogens is 400 g/mol. The lowest BCUT2D eigenvalue weighted by molar-refractivity contribution is -0.112.